The molecule has 3 atom stereocenters. The third-order valence-corrected chi connectivity index (χ3v) is 1.75. The lowest BCUT2D eigenvalue weighted by atomic mass is 10.0. The van der Waals surface area contributed by atoms with E-state index in [1.165, 1.54) is 0 Å². The Labute approximate surface area is 68.1 Å². The smallest absolute Gasteiger partial charge is 0.308 e. The molecule has 0 aromatic carbocycles. The predicted octanol–water partition coefficient (Wildman–Crippen LogP) is -1.21. The second-order valence-electron chi connectivity index (χ2n) is 2.58. The number of esters is 1. The normalized spacial score (nSPS) is 35.8. The summed E-state index contributed by atoms with van der Waals surface area (Å²) in [5.74, 6) is -0.621. The van der Waals surface area contributed by atoms with Gasteiger partial charge in [-0.05, 0) is 0 Å². The lowest BCUT2D eigenvalue weighted by molar-refractivity contribution is -0.169. The molecule has 0 amide bonds. The maximum absolute atomic E-state index is 10.7. The minimum absolute atomic E-state index is 0.221. The molecule has 6 heteroatoms. The second kappa shape index (κ2) is 3.59. The van der Waals surface area contributed by atoms with Crippen LogP contribution in [0.1, 0.15) is 6.42 Å². The van der Waals surface area contributed by atoms with Crippen molar-refractivity contribution in [2.75, 3.05) is 6.61 Å². The van der Waals surface area contributed by atoms with Crippen molar-refractivity contribution in [1.82, 2.24) is 0 Å². The molecule has 0 saturated carbocycles. The fraction of sp³-hybridized carbons (Fsp3) is 0.833. The van der Waals surface area contributed by atoms with Crippen LogP contribution in [0.5, 0.6) is 0 Å². The first-order valence-electron chi connectivity index (χ1n) is 3.50. The number of nitrogens with zero attached hydrogens (tertiary/aromatic N) is 1. The summed E-state index contributed by atoms with van der Waals surface area (Å²) in [6.45, 7) is -0.501. The third kappa shape index (κ3) is 1.59. The highest BCUT2D eigenvalue weighted by molar-refractivity contribution is 5.71. The van der Waals surface area contributed by atoms with E-state index in [1.807, 2.05) is 0 Å². The van der Waals surface area contributed by atoms with Gasteiger partial charge in [0.2, 0.25) is 0 Å². The van der Waals surface area contributed by atoms with E-state index in [1.54, 1.807) is 0 Å². The topological polar surface area (TPSA) is 96.2 Å². The molecule has 12 heavy (non-hydrogen) atoms. The summed E-state index contributed by atoms with van der Waals surface area (Å²) in [7, 11) is 0. The number of aliphatic hydroxyl groups excluding tert-OH is 2. The van der Waals surface area contributed by atoms with Gasteiger partial charge in [0.05, 0.1) is 13.0 Å². The number of hydrogen-bond donors (Lipinski definition) is 2. The molecular formula is C6H9NO5. The molecule has 1 fully saturated rings. The lowest BCUT2D eigenvalue weighted by Gasteiger charge is -2.28. The Bertz CT molecular complexity index is 194. The van der Waals surface area contributed by atoms with Crippen LogP contribution in [0.4, 0.5) is 0 Å². The number of rotatable bonds is 2. The van der Waals surface area contributed by atoms with Gasteiger partial charge in [-0.3, -0.25) is 4.79 Å². The van der Waals surface area contributed by atoms with Gasteiger partial charge >= 0.3 is 5.97 Å². The van der Waals surface area contributed by atoms with E-state index >= 15 is 0 Å². The Morgan fingerprint density at radius 1 is 1.67 bits per heavy atom. The first-order chi connectivity index (χ1) is 5.69. The van der Waals surface area contributed by atoms with Crippen molar-refractivity contribution in [2.24, 2.45) is 5.18 Å². The van der Waals surface area contributed by atoms with E-state index in [0.29, 0.717) is 0 Å². The van der Waals surface area contributed by atoms with Gasteiger partial charge in [0.1, 0.15) is 12.1 Å². The number of ether oxygens (including phenoxy) is 1. The molecule has 1 aliphatic rings. The summed E-state index contributed by atoms with van der Waals surface area (Å²) in [6, 6.07) is -0.997. The standard InChI is InChI=1S/C6H9NO5/c8-2-4-6(10)3(7-11)1-5(9)12-4/h3-4,6,8,10H,1-2H2/t3?,4?,6-/m0/s1. The summed E-state index contributed by atoms with van der Waals surface area (Å²) in [5.41, 5.74) is 0. The van der Waals surface area contributed by atoms with Gasteiger partial charge in [0, 0.05) is 0 Å². The highest BCUT2D eigenvalue weighted by atomic mass is 16.6. The minimum atomic E-state index is -1.19. The van der Waals surface area contributed by atoms with Gasteiger partial charge in [-0.1, -0.05) is 5.18 Å². The molecule has 1 rings (SSSR count). The monoisotopic (exact) mass is 175 g/mol. The van der Waals surface area contributed by atoms with E-state index in [2.05, 4.69) is 9.91 Å². The molecule has 0 aromatic heterocycles. The Morgan fingerprint density at radius 2 is 2.33 bits per heavy atom. The summed E-state index contributed by atoms with van der Waals surface area (Å²) < 4.78 is 4.54. The largest absolute Gasteiger partial charge is 0.457 e. The molecule has 1 heterocycles. The van der Waals surface area contributed by atoms with Crippen LogP contribution >= 0.6 is 0 Å². The van der Waals surface area contributed by atoms with Gasteiger partial charge in [-0.2, -0.15) is 4.91 Å². The maximum atomic E-state index is 10.7. The Kier molecular flexibility index (Phi) is 2.72. The predicted molar refractivity (Wildman–Crippen MR) is 37.2 cm³/mol. The Morgan fingerprint density at radius 3 is 2.83 bits per heavy atom. The highest BCUT2D eigenvalue weighted by Crippen LogP contribution is 2.18. The van der Waals surface area contributed by atoms with Crippen molar-refractivity contribution in [1.29, 1.82) is 0 Å². The Balaban J connectivity index is 2.67. The fourth-order valence-electron chi connectivity index (χ4n) is 1.07. The summed E-state index contributed by atoms with van der Waals surface area (Å²) >= 11 is 0. The van der Waals surface area contributed by atoms with Gasteiger partial charge in [0.25, 0.3) is 0 Å². The van der Waals surface area contributed by atoms with E-state index < -0.39 is 30.8 Å². The maximum Gasteiger partial charge on any atom is 0.308 e. The van der Waals surface area contributed by atoms with Crippen molar-refractivity contribution < 1.29 is 19.7 Å². The number of hydrogen-bond acceptors (Lipinski definition) is 6. The molecule has 0 aromatic rings. The molecule has 2 unspecified atom stereocenters. The number of nitroso groups, excluding NO2 is 1. The zero-order valence-corrected chi connectivity index (χ0v) is 6.21. The summed E-state index contributed by atoms with van der Waals surface area (Å²) in [4.78, 5) is 20.8. The van der Waals surface area contributed by atoms with Crippen molar-refractivity contribution in [2.45, 2.75) is 24.7 Å². The number of aliphatic hydroxyl groups is 2. The van der Waals surface area contributed by atoms with Crippen LogP contribution in [0.2, 0.25) is 0 Å². The van der Waals surface area contributed by atoms with E-state index in [4.69, 9.17) is 5.11 Å². The molecule has 0 spiro atoms. The molecule has 2 N–H and O–H groups in total. The van der Waals surface area contributed by atoms with Crippen LogP contribution in [-0.4, -0.2) is 41.0 Å². The van der Waals surface area contributed by atoms with Crippen molar-refractivity contribution in [3.63, 3.8) is 0 Å². The molecule has 0 aliphatic carbocycles. The summed E-state index contributed by atoms with van der Waals surface area (Å²) in [5, 5.41) is 20.4. The average Bonchev–Trinajstić information content (AvgIpc) is 2.08. The second-order valence-corrected chi connectivity index (χ2v) is 2.58. The Hall–Kier alpha value is -1.01. The SMILES string of the molecule is O=NC1CC(=O)OC(CO)[C@H]1O. The number of carbonyl (C=O) groups excluding carboxylic acids is 1. The zero-order valence-electron chi connectivity index (χ0n) is 6.21. The molecule has 0 radical (unpaired) electrons. The van der Waals surface area contributed by atoms with Gasteiger partial charge in [-0.15, -0.1) is 0 Å². The number of cyclic esters (lactones) is 1. The van der Waals surface area contributed by atoms with E-state index in [-0.39, 0.29) is 6.42 Å². The first-order valence-corrected chi connectivity index (χ1v) is 3.50. The van der Waals surface area contributed by atoms with E-state index in [0.717, 1.165) is 0 Å². The molecule has 1 saturated heterocycles. The van der Waals surface area contributed by atoms with Gasteiger partial charge in [-0.25, -0.2) is 0 Å². The van der Waals surface area contributed by atoms with Crippen LogP contribution in [0.3, 0.4) is 0 Å². The van der Waals surface area contributed by atoms with Crippen LogP contribution in [0.15, 0.2) is 5.18 Å². The molecule has 68 valence electrons. The third-order valence-electron chi connectivity index (χ3n) is 1.75. The lowest BCUT2D eigenvalue weighted by Crippen LogP contribution is -2.47. The zero-order chi connectivity index (χ0) is 9.14. The number of carbonyl (C=O) groups is 1. The minimum Gasteiger partial charge on any atom is -0.457 e. The van der Waals surface area contributed by atoms with E-state index in [9.17, 15) is 14.8 Å². The summed E-state index contributed by atoms with van der Waals surface area (Å²) in [6.07, 6.45) is -2.43. The molecular weight excluding hydrogens is 166 g/mol. The highest BCUT2D eigenvalue weighted by Gasteiger charge is 2.38. The van der Waals surface area contributed by atoms with Crippen molar-refractivity contribution >= 4 is 5.97 Å². The molecule has 1 aliphatic heterocycles. The molecule has 0 bridgehead atoms. The van der Waals surface area contributed by atoms with Crippen LogP contribution in [0, 0.1) is 4.91 Å². The van der Waals surface area contributed by atoms with Gasteiger partial charge in [0.15, 0.2) is 6.10 Å². The van der Waals surface area contributed by atoms with Crippen LogP contribution in [0.25, 0.3) is 0 Å². The first kappa shape index (κ1) is 9.08. The molecule has 6 nitrogen and oxygen atoms in total. The average molecular weight is 175 g/mol. The van der Waals surface area contributed by atoms with Crippen molar-refractivity contribution in [3.05, 3.63) is 4.91 Å². The van der Waals surface area contributed by atoms with Crippen molar-refractivity contribution in [3.8, 4) is 0 Å². The van der Waals surface area contributed by atoms with Crippen LogP contribution < -0.4 is 0 Å². The fourth-order valence-corrected chi connectivity index (χ4v) is 1.07. The quantitative estimate of drug-likeness (QED) is 0.405. The van der Waals surface area contributed by atoms with Gasteiger partial charge < -0.3 is 14.9 Å². The van der Waals surface area contributed by atoms with Crippen LogP contribution in [-0.2, 0) is 9.53 Å².